The third kappa shape index (κ3) is 8.35. The van der Waals surface area contributed by atoms with Crippen molar-refractivity contribution in [3.8, 4) is 0 Å². The van der Waals surface area contributed by atoms with Gasteiger partial charge in [0.25, 0.3) is 0 Å². The van der Waals surface area contributed by atoms with Gasteiger partial charge in [0.1, 0.15) is 0 Å². The Kier molecular flexibility index (Phi) is 10.1. The van der Waals surface area contributed by atoms with E-state index in [4.69, 9.17) is 0 Å². The van der Waals surface area contributed by atoms with E-state index in [2.05, 4.69) is 36.3 Å². The molecule has 0 aliphatic rings. The van der Waals surface area contributed by atoms with Gasteiger partial charge in [-0.3, -0.25) is 9.59 Å². The van der Waals surface area contributed by atoms with Crippen LogP contribution in [0.1, 0.15) is 54.4 Å². The molecule has 0 bridgehead atoms. The number of hydrogen-bond donors (Lipinski definition) is 2. The molecule has 0 saturated carbocycles. The summed E-state index contributed by atoms with van der Waals surface area (Å²) in [6.45, 7) is 15.2. The fraction of sp³-hybridized carbons (Fsp3) is 0.889. The van der Waals surface area contributed by atoms with Crippen molar-refractivity contribution < 1.29 is 9.59 Å². The van der Waals surface area contributed by atoms with Crippen LogP contribution in [0.4, 0.5) is 0 Å². The van der Waals surface area contributed by atoms with Gasteiger partial charge in [-0.1, -0.05) is 48.0 Å². The zero-order valence-electron chi connectivity index (χ0n) is 16.2. The summed E-state index contributed by atoms with van der Waals surface area (Å²) in [7, 11) is 2.00. The first-order valence-electron chi connectivity index (χ1n) is 8.89. The smallest absolute Gasteiger partial charge is 0.223 e. The largest absolute Gasteiger partial charge is 0.355 e. The standard InChI is InChI=1S/C18H37N3O2/c1-8-14(3)16(22)19-10-12-21(7)13-11-20-17(23)15(4)18(5,6)9-2/h14-15H,8-13H2,1-7H3,(H,19,22)(H,20,23). The normalized spacial score (nSPS) is 14.4. The lowest BCUT2D eigenvalue weighted by atomic mass is 9.77. The lowest BCUT2D eigenvalue weighted by Gasteiger charge is -2.29. The maximum Gasteiger partial charge on any atom is 0.223 e. The maximum atomic E-state index is 12.2. The van der Waals surface area contributed by atoms with Crippen molar-refractivity contribution in [2.24, 2.45) is 17.3 Å². The Morgan fingerprint density at radius 1 is 1.00 bits per heavy atom. The van der Waals surface area contributed by atoms with Crippen LogP contribution in [0, 0.1) is 17.3 Å². The second-order valence-electron chi connectivity index (χ2n) is 7.26. The first-order chi connectivity index (χ1) is 10.7. The predicted octanol–water partition coefficient (Wildman–Crippen LogP) is 2.27. The first kappa shape index (κ1) is 21.9. The molecule has 136 valence electrons. The molecule has 0 aromatic rings. The fourth-order valence-corrected chi connectivity index (χ4v) is 2.03. The van der Waals surface area contributed by atoms with E-state index >= 15 is 0 Å². The average molecular weight is 328 g/mol. The molecule has 2 N–H and O–H groups in total. The van der Waals surface area contributed by atoms with E-state index < -0.39 is 0 Å². The molecule has 0 aliphatic carbocycles. The molecule has 0 radical (unpaired) electrons. The highest BCUT2D eigenvalue weighted by Crippen LogP contribution is 2.29. The predicted molar refractivity (Wildman–Crippen MR) is 96.2 cm³/mol. The van der Waals surface area contributed by atoms with Crippen LogP contribution < -0.4 is 10.6 Å². The van der Waals surface area contributed by atoms with Crippen LogP contribution in [0.15, 0.2) is 0 Å². The van der Waals surface area contributed by atoms with Crippen LogP contribution >= 0.6 is 0 Å². The van der Waals surface area contributed by atoms with Crippen LogP contribution in [0.5, 0.6) is 0 Å². The lowest BCUT2D eigenvalue weighted by molar-refractivity contribution is -0.128. The molecule has 0 heterocycles. The van der Waals surface area contributed by atoms with Gasteiger partial charge in [0, 0.05) is 38.0 Å². The third-order valence-corrected chi connectivity index (χ3v) is 5.12. The lowest BCUT2D eigenvalue weighted by Crippen LogP contribution is -2.42. The molecule has 0 fully saturated rings. The summed E-state index contributed by atoms with van der Waals surface area (Å²) in [5, 5.41) is 5.95. The number of nitrogens with zero attached hydrogens (tertiary/aromatic N) is 1. The minimum absolute atomic E-state index is 0.00706. The molecule has 0 spiro atoms. The Labute approximate surface area is 142 Å². The topological polar surface area (TPSA) is 61.4 Å². The summed E-state index contributed by atoms with van der Waals surface area (Å²) >= 11 is 0. The minimum atomic E-state index is 0.00706. The van der Waals surface area contributed by atoms with Gasteiger partial charge in [0.05, 0.1) is 0 Å². The van der Waals surface area contributed by atoms with E-state index in [0.717, 1.165) is 25.9 Å². The Balaban J connectivity index is 3.92. The van der Waals surface area contributed by atoms with Crippen molar-refractivity contribution >= 4 is 11.8 Å². The average Bonchev–Trinajstić information content (AvgIpc) is 2.52. The van der Waals surface area contributed by atoms with Gasteiger partial charge >= 0.3 is 0 Å². The van der Waals surface area contributed by atoms with Crippen LogP contribution in [0.2, 0.25) is 0 Å². The Morgan fingerprint density at radius 3 is 1.91 bits per heavy atom. The van der Waals surface area contributed by atoms with E-state index in [-0.39, 0.29) is 29.1 Å². The van der Waals surface area contributed by atoms with Crippen LogP contribution in [-0.4, -0.2) is 49.9 Å². The number of amides is 2. The van der Waals surface area contributed by atoms with Gasteiger partial charge in [0.2, 0.25) is 11.8 Å². The molecular weight excluding hydrogens is 290 g/mol. The van der Waals surface area contributed by atoms with Gasteiger partial charge in [-0.25, -0.2) is 0 Å². The van der Waals surface area contributed by atoms with E-state index in [9.17, 15) is 9.59 Å². The van der Waals surface area contributed by atoms with Crippen molar-refractivity contribution in [3.05, 3.63) is 0 Å². The highest BCUT2D eigenvalue weighted by atomic mass is 16.2. The molecule has 5 heteroatoms. The highest BCUT2D eigenvalue weighted by Gasteiger charge is 2.29. The Morgan fingerprint density at radius 2 is 1.48 bits per heavy atom. The molecule has 23 heavy (non-hydrogen) atoms. The Hall–Kier alpha value is -1.10. The van der Waals surface area contributed by atoms with E-state index in [0.29, 0.717) is 13.1 Å². The number of likely N-dealkylation sites (N-methyl/N-ethyl adjacent to an activating group) is 1. The monoisotopic (exact) mass is 327 g/mol. The van der Waals surface area contributed by atoms with Gasteiger partial charge in [0.15, 0.2) is 0 Å². The zero-order valence-corrected chi connectivity index (χ0v) is 16.2. The quantitative estimate of drug-likeness (QED) is 0.612. The molecule has 2 atom stereocenters. The van der Waals surface area contributed by atoms with E-state index in [1.54, 1.807) is 0 Å². The van der Waals surface area contributed by atoms with E-state index in [1.165, 1.54) is 0 Å². The second kappa shape index (κ2) is 10.6. The summed E-state index contributed by atoms with van der Waals surface area (Å²) in [4.78, 5) is 25.9. The molecule has 5 nitrogen and oxygen atoms in total. The van der Waals surface area contributed by atoms with Crippen molar-refractivity contribution in [2.75, 3.05) is 33.2 Å². The molecule has 0 aromatic carbocycles. The minimum Gasteiger partial charge on any atom is -0.355 e. The van der Waals surface area contributed by atoms with Crippen LogP contribution in [0.25, 0.3) is 0 Å². The molecule has 0 rings (SSSR count). The summed E-state index contributed by atoms with van der Waals surface area (Å²) < 4.78 is 0. The number of carbonyl (C=O) groups excluding carboxylic acids is 2. The SMILES string of the molecule is CCC(C)C(=O)NCCN(C)CCNC(=O)C(C)C(C)(C)CC. The molecule has 2 amide bonds. The summed E-state index contributed by atoms with van der Waals surface area (Å²) in [6.07, 6.45) is 1.84. The second-order valence-corrected chi connectivity index (χ2v) is 7.26. The molecule has 2 unspecified atom stereocenters. The van der Waals surface area contributed by atoms with Crippen molar-refractivity contribution in [1.29, 1.82) is 0 Å². The number of nitrogens with one attached hydrogen (secondary N) is 2. The van der Waals surface area contributed by atoms with E-state index in [1.807, 2.05) is 27.8 Å². The summed E-state index contributed by atoms with van der Waals surface area (Å²) in [5.74, 6) is 0.316. The molecule has 0 saturated heterocycles. The molecular formula is C18H37N3O2. The summed E-state index contributed by atoms with van der Waals surface area (Å²) in [6, 6.07) is 0. The fourth-order valence-electron chi connectivity index (χ4n) is 2.03. The third-order valence-electron chi connectivity index (χ3n) is 5.12. The number of carbonyl (C=O) groups is 2. The number of hydrogen-bond acceptors (Lipinski definition) is 3. The number of rotatable bonds is 11. The van der Waals surface area contributed by atoms with Crippen LogP contribution in [-0.2, 0) is 9.59 Å². The Bertz CT molecular complexity index is 369. The molecule has 0 aromatic heterocycles. The van der Waals surface area contributed by atoms with Gasteiger partial charge in [-0.15, -0.1) is 0 Å². The zero-order chi connectivity index (χ0) is 18.0. The van der Waals surface area contributed by atoms with Gasteiger partial charge in [-0.2, -0.15) is 0 Å². The van der Waals surface area contributed by atoms with Gasteiger partial charge < -0.3 is 15.5 Å². The van der Waals surface area contributed by atoms with Gasteiger partial charge in [-0.05, 0) is 18.9 Å². The van der Waals surface area contributed by atoms with Crippen molar-refractivity contribution in [1.82, 2.24) is 15.5 Å². The molecule has 0 aliphatic heterocycles. The summed E-state index contributed by atoms with van der Waals surface area (Å²) in [5.41, 5.74) is 0.0240. The highest BCUT2D eigenvalue weighted by molar-refractivity contribution is 5.79. The van der Waals surface area contributed by atoms with Crippen molar-refractivity contribution in [3.63, 3.8) is 0 Å². The first-order valence-corrected chi connectivity index (χ1v) is 8.89. The van der Waals surface area contributed by atoms with Crippen molar-refractivity contribution in [2.45, 2.75) is 54.4 Å². The van der Waals surface area contributed by atoms with Crippen LogP contribution in [0.3, 0.4) is 0 Å². The maximum absolute atomic E-state index is 12.2.